The van der Waals surface area contributed by atoms with Crippen molar-refractivity contribution >= 4 is 11.6 Å². The number of ether oxygens (including phenoxy) is 1. The summed E-state index contributed by atoms with van der Waals surface area (Å²) in [5.41, 5.74) is 0.743. The zero-order chi connectivity index (χ0) is 13.1. The van der Waals surface area contributed by atoms with E-state index in [9.17, 15) is 5.11 Å². The normalized spacial score (nSPS) is 25.6. The topological polar surface area (TPSA) is 47.3 Å². The van der Waals surface area contributed by atoms with Gasteiger partial charge in [0.05, 0.1) is 30.1 Å². The van der Waals surface area contributed by atoms with E-state index in [0.29, 0.717) is 30.0 Å². The first-order valence-electron chi connectivity index (χ1n) is 6.53. The van der Waals surface area contributed by atoms with Gasteiger partial charge in [0.15, 0.2) is 0 Å². The van der Waals surface area contributed by atoms with Crippen molar-refractivity contribution in [2.24, 2.45) is 11.8 Å². The molecule has 0 aromatic carbocycles. The van der Waals surface area contributed by atoms with E-state index in [2.05, 4.69) is 12.0 Å². The maximum Gasteiger partial charge on any atom is 0.100 e. The molecule has 1 heterocycles. The van der Waals surface area contributed by atoms with E-state index in [-0.39, 0.29) is 0 Å². The summed E-state index contributed by atoms with van der Waals surface area (Å²) in [7, 11) is 1.65. The lowest BCUT2D eigenvalue weighted by molar-refractivity contribution is 0.0793. The average Bonchev–Trinajstić information content (AvgIpc) is 2.92. The van der Waals surface area contributed by atoms with E-state index >= 15 is 0 Å². The van der Waals surface area contributed by atoms with Gasteiger partial charge in [-0.15, -0.1) is 0 Å². The Labute approximate surface area is 113 Å². The standard InChI is InChI=1S/C13H21ClN2O2/c1-9-4-3-5-10(9)13(17)12-11(14)8-15-16(12)6-7-18-2/h8-10,13,17H,3-7H2,1-2H3. The number of nitrogens with zero attached hydrogens (tertiary/aromatic N) is 2. The molecule has 3 unspecified atom stereocenters. The Morgan fingerprint density at radius 3 is 3.00 bits per heavy atom. The Morgan fingerprint density at radius 1 is 1.61 bits per heavy atom. The number of hydrogen-bond acceptors (Lipinski definition) is 3. The molecule has 3 atom stereocenters. The smallest absolute Gasteiger partial charge is 0.100 e. The molecule has 5 heteroatoms. The first-order chi connectivity index (χ1) is 8.65. The predicted molar refractivity (Wildman–Crippen MR) is 70.6 cm³/mol. The molecule has 0 amide bonds. The molecular weight excluding hydrogens is 252 g/mol. The van der Waals surface area contributed by atoms with Gasteiger partial charge in [0, 0.05) is 7.11 Å². The van der Waals surface area contributed by atoms with Crippen LogP contribution in [0.2, 0.25) is 5.02 Å². The van der Waals surface area contributed by atoms with Crippen LogP contribution in [0.5, 0.6) is 0 Å². The highest BCUT2D eigenvalue weighted by Crippen LogP contribution is 2.41. The largest absolute Gasteiger partial charge is 0.386 e. The van der Waals surface area contributed by atoms with Gasteiger partial charge in [-0.2, -0.15) is 5.10 Å². The molecule has 1 aliphatic rings. The first-order valence-corrected chi connectivity index (χ1v) is 6.91. The molecule has 18 heavy (non-hydrogen) atoms. The Bertz CT molecular complexity index is 394. The molecule has 0 aliphatic heterocycles. The fraction of sp³-hybridized carbons (Fsp3) is 0.769. The van der Waals surface area contributed by atoms with Crippen molar-refractivity contribution in [1.29, 1.82) is 0 Å². The van der Waals surface area contributed by atoms with Crippen molar-refractivity contribution in [2.75, 3.05) is 13.7 Å². The van der Waals surface area contributed by atoms with Gasteiger partial charge in [0.25, 0.3) is 0 Å². The summed E-state index contributed by atoms with van der Waals surface area (Å²) in [6.07, 6.45) is 4.52. The van der Waals surface area contributed by atoms with Crippen molar-refractivity contribution in [3.05, 3.63) is 16.9 Å². The lowest BCUT2D eigenvalue weighted by Gasteiger charge is -2.23. The average molecular weight is 273 g/mol. The van der Waals surface area contributed by atoms with Crippen LogP contribution in [-0.2, 0) is 11.3 Å². The van der Waals surface area contributed by atoms with Crippen LogP contribution in [0.3, 0.4) is 0 Å². The van der Waals surface area contributed by atoms with Crippen LogP contribution in [0.1, 0.15) is 38.0 Å². The SMILES string of the molecule is COCCn1ncc(Cl)c1C(O)C1CCCC1C. The fourth-order valence-corrected chi connectivity index (χ4v) is 3.12. The molecule has 1 aliphatic carbocycles. The molecule has 0 radical (unpaired) electrons. The summed E-state index contributed by atoms with van der Waals surface area (Å²) >= 11 is 6.16. The molecule has 1 N–H and O–H groups in total. The van der Waals surface area contributed by atoms with Gasteiger partial charge in [-0.1, -0.05) is 31.4 Å². The predicted octanol–water partition coefficient (Wildman–Crippen LogP) is 2.65. The zero-order valence-corrected chi connectivity index (χ0v) is 11.7. The third-order valence-corrected chi connectivity index (χ3v) is 4.25. The number of aliphatic hydroxyl groups excluding tert-OH is 1. The minimum atomic E-state index is -0.519. The van der Waals surface area contributed by atoms with Crippen LogP contribution in [0.25, 0.3) is 0 Å². The monoisotopic (exact) mass is 272 g/mol. The zero-order valence-electron chi connectivity index (χ0n) is 11.0. The van der Waals surface area contributed by atoms with Crippen LogP contribution >= 0.6 is 11.6 Å². The molecule has 2 rings (SSSR count). The minimum Gasteiger partial charge on any atom is -0.386 e. The lowest BCUT2D eigenvalue weighted by atomic mass is 9.90. The number of methoxy groups -OCH3 is 1. The molecule has 4 nitrogen and oxygen atoms in total. The summed E-state index contributed by atoms with van der Waals surface area (Å²) in [6.45, 7) is 3.39. The third-order valence-electron chi connectivity index (χ3n) is 3.95. The summed E-state index contributed by atoms with van der Waals surface area (Å²) in [5, 5.41) is 15.3. The molecule has 0 bridgehead atoms. The maximum absolute atomic E-state index is 10.6. The van der Waals surface area contributed by atoms with Crippen molar-refractivity contribution in [2.45, 2.75) is 38.8 Å². The lowest BCUT2D eigenvalue weighted by Crippen LogP contribution is -2.20. The first kappa shape index (κ1) is 13.8. The molecular formula is C13H21ClN2O2. The quantitative estimate of drug-likeness (QED) is 0.896. The van der Waals surface area contributed by atoms with Crippen LogP contribution in [0.15, 0.2) is 6.20 Å². The molecule has 1 aromatic rings. The van der Waals surface area contributed by atoms with E-state index in [0.717, 1.165) is 12.1 Å². The van der Waals surface area contributed by atoms with E-state index in [4.69, 9.17) is 16.3 Å². The number of hydrogen-bond donors (Lipinski definition) is 1. The van der Waals surface area contributed by atoms with Gasteiger partial charge < -0.3 is 9.84 Å². The van der Waals surface area contributed by atoms with Crippen LogP contribution < -0.4 is 0 Å². The van der Waals surface area contributed by atoms with Gasteiger partial charge >= 0.3 is 0 Å². The van der Waals surface area contributed by atoms with Crippen molar-refractivity contribution in [1.82, 2.24) is 9.78 Å². The second-order valence-electron chi connectivity index (χ2n) is 5.11. The van der Waals surface area contributed by atoms with E-state index in [1.807, 2.05) is 0 Å². The van der Waals surface area contributed by atoms with Crippen LogP contribution in [0.4, 0.5) is 0 Å². The van der Waals surface area contributed by atoms with Gasteiger partial charge in [0.1, 0.15) is 6.10 Å². The Morgan fingerprint density at radius 2 is 2.39 bits per heavy atom. The van der Waals surface area contributed by atoms with E-state index in [1.54, 1.807) is 18.0 Å². The fourth-order valence-electron chi connectivity index (χ4n) is 2.87. The molecule has 1 aromatic heterocycles. The molecule has 102 valence electrons. The van der Waals surface area contributed by atoms with Crippen molar-refractivity contribution in [3.8, 4) is 0 Å². The highest BCUT2D eigenvalue weighted by Gasteiger charge is 2.33. The van der Waals surface area contributed by atoms with Gasteiger partial charge in [-0.25, -0.2) is 0 Å². The Hall–Kier alpha value is -0.580. The maximum atomic E-state index is 10.6. The third kappa shape index (κ3) is 2.71. The molecule has 1 fully saturated rings. The van der Waals surface area contributed by atoms with E-state index < -0.39 is 6.10 Å². The van der Waals surface area contributed by atoms with Gasteiger partial charge in [0.2, 0.25) is 0 Å². The van der Waals surface area contributed by atoms with Crippen molar-refractivity contribution in [3.63, 3.8) is 0 Å². The minimum absolute atomic E-state index is 0.292. The van der Waals surface area contributed by atoms with Crippen LogP contribution in [0, 0.1) is 11.8 Å². The highest BCUT2D eigenvalue weighted by molar-refractivity contribution is 6.31. The molecule has 0 spiro atoms. The molecule has 0 saturated heterocycles. The van der Waals surface area contributed by atoms with Gasteiger partial charge in [-0.3, -0.25) is 4.68 Å². The van der Waals surface area contributed by atoms with Crippen molar-refractivity contribution < 1.29 is 9.84 Å². The summed E-state index contributed by atoms with van der Waals surface area (Å²) in [4.78, 5) is 0. The number of aliphatic hydroxyl groups is 1. The number of rotatable bonds is 5. The van der Waals surface area contributed by atoms with Crippen LogP contribution in [-0.4, -0.2) is 28.6 Å². The number of aromatic nitrogens is 2. The summed E-state index contributed by atoms with van der Waals surface area (Å²) in [5.74, 6) is 0.835. The number of halogens is 1. The summed E-state index contributed by atoms with van der Waals surface area (Å²) < 4.78 is 6.82. The second-order valence-corrected chi connectivity index (χ2v) is 5.52. The summed E-state index contributed by atoms with van der Waals surface area (Å²) in [6, 6.07) is 0. The highest BCUT2D eigenvalue weighted by atomic mass is 35.5. The second kappa shape index (κ2) is 6.04. The Kier molecular flexibility index (Phi) is 4.65. The molecule has 1 saturated carbocycles. The van der Waals surface area contributed by atoms with Gasteiger partial charge in [-0.05, 0) is 18.3 Å². The Balaban J connectivity index is 2.17. The van der Waals surface area contributed by atoms with E-state index in [1.165, 1.54) is 12.8 Å².